The van der Waals surface area contributed by atoms with Crippen LogP contribution in [0.5, 0.6) is 0 Å². The number of hydrogen-bond acceptors (Lipinski definition) is 2. The fourth-order valence-electron chi connectivity index (χ4n) is 1.27. The molecule has 0 aromatic rings. The molecule has 0 atom stereocenters. The second-order valence-electron chi connectivity index (χ2n) is 2.75. The Kier molecular flexibility index (Phi) is 7.09. The maximum absolute atomic E-state index is 12.1. The van der Waals surface area contributed by atoms with Crippen LogP contribution in [0.2, 0.25) is 0 Å². The molecule has 1 aliphatic rings. The van der Waals surface area contributed by atoms with Crippen molar-refractivity contribution in [3.63, 3.8) is 0 Å². The van der Waals surface area contributed by atoms with Crippen LogP contribution in [0.15, 0.2) is 0 Å². The van der Waals surface area contributed by atoms with Gasteiger partial charge >= 0.3 is 0 Å². The van der Waals surface area contributed by atoms with Gasteiger partial charge < -0.3 is 4.90 Å². The molecule has 0 unspecified atom stereocenters. The van der Waals surface area contributed by atoms with E-state index in [1.165, 1.54) is 4.90 Å². The van der Waals surface area contributed by atoms with Gasteiger partial charge in [-0.2, -0.15) is 8.78 Å². The molecule has 80 valence electrons. The smallest absolute Gasteiger partial charge is 0.294 e. The first kappa shape index (κ1) is 12.8. The van der Waals surface area contributed by atoms with Crippen LogP contribution in [0.3, 0.4) is 0 Å². The lowest BCUT2D eigenvalue weighted by Gasteiger charge is -2.33. The zero-order chi connectivity index (χ0) is 10.3. The van der Waals surface area contributed by atoms with Gasteiger partial charge in [-0.25, -0.2) is 4.90 Å². The lowest BCUT2D eigenvalue weighted by molar-refractivity contribution is -0.0504. The maximum atomic E-state index is 12.1. The Balaban J connectivity index is 0.000000671. The molecule has 2 nitrogen and oxygen atoms in total. The van der Waals surface area contributed by atoms with Gasteiger partial charge in [-0.1, -0.05) is 20.8 Å². The molecular formula is C9H20F2N2. The van der Waals surface area contributed by atoms with Crippen molar-refractivity contribution in [1.82, 2.24) is 9.80 Å². The number of halogens is 2. The lowest BCUT2D eigenvalue weighted by Crippen LogP contribution is -2.47. The van der Waals surface area contributed by atoms with Crippen molar-refractivity contribution in [2.75, 3.05) is 32.7 Å². The molecule has 0 spiro atoms. The summed E-state index contributed by atoms with van der Waals surface area (Å²) in [6.07, 6.45) is 0. The molecule has 1 rings (SSSR count). The van der Waals surface area contributed by atoms with Crippen LogP contribution < -0.4 is 0 Å². The van der Waals surface area contributed by atoms with Crippen molar-refractivity contribution in [1.29, 1.82) is 0 Å². The summed E-state index contributed by atoms with van der Waals surface area (Å²) in [5.41, 5.74) is 0. The summed E-state index contributed by atoms with van der Waals surface area (Å²) in [6.45, 7) is 7.32. The standard InChI is InChI=1S/C7H14F2N2.C2H6/c1-2-10-3-5-11(6-4-10)7(8)9;1-2/h7H,2-6H2,1H3;1-2H3. The van der Waals surface area contributed by atoms with Crippen molar-refractivity contribution < 1.29 is 8.78 Å². The van der Waals surface area contributed by atoms with E-state index >= 15 is 0 Å². The number of rotatable bonds is 2. The average molecular weight is 194 g/mol. The van der Waals surface area contributed by atoms with E-state index in [2.05, 4.69) is 11.8 Å². The zero-order valence-corrected chi connectivity index (χ0v) is 8.76. The second kappa shape index (κ2) is 7.21. The minimum atomic E-state index is -2.27. The first-order valence-electron chi connectivity index (χ1n) is 4.98. The number of alkyl halides is 2. The fraction of sp³-hybridized carbons (Fsp3) is 1.00. The molecule has 0 aliphatic carbocycles. The summed E-state index contributed by atoms with van der Waals surface area (Å²) in [6, 6.07) is 0. The molecule has 0 amide bonds. The summed E-state index contributed by atoms with van der Waals surface area (Å²) >= 11 is 0. The van der Waals surface area contributed by atoms with Crippen LogP contribution in [0.25, 0.3) is 0 Å². The van der Waals surface area contributed by atoms with Crippen molar-refractivity contribution in [3.8, 4) is 0 Å². The molecule has 13 heavy (non-hydrogen) atoms. The van der Waals surface area contributed by atoms with E-state index in [1.54, 1.807) is 0 Å². The van der Waals surface area contributed by atoms with E-state index in [0.29, 0.717) is 13.1 Å². The summed E-state index contributed by atoms with van der Waals surface area (Å²) in [7, 11) is 0. The van der Waals surface area contributed by atoms with E-state index < -0.39 is 6.55 Å². The molecule has 0 aromatic carbocycles. The highest BCUT2D eigenvalue weighted by Gasteiger charge is 2.21. The molecule has 0 radical (unpaired) electrons. The molecule has 4 heteroatoms. The summed E-state index contributed by atoms with van der Waals surface area (Å²) in [5, 5.41) is 0. The third-order valence-corrected chi connectivity index (χ3v) is 2.13. The van der Waals surface area contributed by atoms with E-state index in [9.17, 15) is 8.78 Å². The van der Waals surface area contributed by atoms with Gasteiger partial charge in [-0.05, 0) is 6.54 Å². The van der Waals surface area contributed by atoms with Crippen molar-refractivity contribution in [3.05, 3.63) is 0 Å². The Bertz CT molecular complexity index is 112. The van der Waals surface area contributed by atoms with Crippen molar-refractivity contribution in [2.24, 2.45) is 0 Å². The zero-order valence-electron chi connectivity index (χ0n) is 8.76. The number of hydrogen-bond donors (Lipinski definition) is 0. The van der Waals surface area contributed by atoms with Gasteiger partial charge in [0.05, 0.1) is 0 Å². The van der Waals surface area contributed by atoms with Crippen LogP contribution in [-0.2, 0) is 0 Å². The molecule has 1 aliphatic heterocycles. The van der Waals surface area contributed by atoms with E-state index in [0.717, 1.165) is 19.6 Å². The highest BCUT2D eigenvalue weighted by molar-refractivity contribution is 4.69. The number of nitrogens with zero attached hydrogens (tertiary/aromatic N) is 2. The van der Waals surface area contributed by atoms with Gasteiger partial charge in [0.1, 0.15) is 0 Å². The van der Waals surface area contributed by atoms with Gasteiger partial charge in [-0.3, -0.25) is 0 Å². The van der Waals surface area contributed by atoms with E-state index in [1.807, 2.05) is 13.8 Å². The molecule has 0 saturated carbocycles. The van der Waals surface area contributed by atoms with Gasteiger partial charge in [0.2, 0.25) is 0 Å². The number of likely N-dealkylation sites (N-methyl/N-ethyl adjacent to an activating group) is 1. The molecule has 0 aromatic heterocycles. The van der Waals surface area contributed by atoms with Crippen LogP contribution in [0.1, 0.15) is 20.8 Å². The Morgan fingerprint density at radius 3 is 1.85 bits per heavy atom. The molecule has 1 fully saturated rings. The van der Waals surface area contributed by atoms with Crippen LogP contribution in [-0.4, -0.2) is 49.1 Å². The van der Waals surface area contributed by atoms with Gasteiger partial charge in [0.15, 0.2) is 0 Å². The quantitative estimate of drug-likeness (QED) is 0.619. The van der Waals surface area contributed by atoms with Crippen molar-refractivity contribution in [2.45, 2.75) is 27.3 Å². The maximum Gasteiger partial charge on any atom is 0.294 e. The topological polar surface area (TPSA) is 6.48 Å². The monoisotopic (exact) mass is 194 g/mol. The van der Waals surface area contributed by atoms with Gasteiger partial charge in [-0.15, -0.1) is 0 Å². The summed E-state index contributed by atoms with van der Waals surface area (Å²) in [4.78, 5) is 3.39. The van der Waals surface area contributed by atoms with Gasteiger partial charge in [0.25, 0.3) is 6.55 Å². The van der Waals surface area contributed by atoms with E-state index in [-0.39, 0.29) is 0 Å². The highest BCUT2D eigenvalue weighted by Crippen LogP contribution is 2.07. The minimum Gasteiger partial charge on any atom is -0.301 e. The van der Waals surface area contributed by atoms with Crippen LogP contribution in [0, 0.1) is 0 Å². The highest BCUT2D eigenvalue weighted by atomic mass is 19.3. The molecule has 1 saturated heterocycles. The summed E-state index contributed by atoms with van der Waals surface area (Å²) < 4.78 is 24.1. The van der Waals surface area contributed by atoms with E-state index in [4.69, 9.17) is 0 Å². The molecule has 1 heterocycles. The summed E-state index contributed by atoms with van der Waals surface area (Å²) in [5.74, 6) is 0. The Labute approximate surface area is 79.5 Å². The molecular weight excluding hydrogens is 174 g/mol. The van der Waals surface area contributed by atoms with Crippen molar-refractivity contribution >= 4 is 0 Å². The molecule has 0 N–H and O–H groups in total. The van der Waals surface area contributed by atoms with Gasteiger partial charge in [0, 0.05) is 26.2 Å². The van der Waals surface area contributed by atoms with Crippen LogP contribution in [0.4, 0.5) is 8.78 Å². The SMILES string of the molecule is CC.CCN1CCN(C(F)F)CC1. The Hall–Kier alpha value is -0.220. The number of piperazine rings is 1. The Morgan fingerprint density at radius 1 is 1.08 bits per heavy atom. The lowest BCUT2D eigenvalue weighted by atomic mass is 10.3. The first-order chi connectivity index (χ1) is 6.24. The average Bonchev–Trinajstić information content (AvgIpc) is 2.21. The second-order valence-corrected chi connectivity index (χ2v) is 2.75. The minimum absolute atomic E-state index is 0.505. The predicted molar refractivity (Wildman–Crippen MR) is 51.0 cm³/mol. The van der Waals surface area contributed by atoms with Crippen LogP contribution >= 0.6 is 0 Å². The third-order valence-electron chi connectivity index (χ3n) is 2.13. The first-order valence-corrected chi connectivity index (χ1v) is 4.98. The largest absolute Gasteiger partial charge is 0.301 e. The molecule has 0 bridgehead atoms. The Morgan fingerprint density at radius 2 is 1.54 bits per heavy atom. The third kappa shape index (κ3) is 4.52. The fourth-order valence-corrected chi connectivity index (χ4v) is 1.27. The predicted octanol–water partition coefficient (Wildman–Crippen LogP) is 1.87. The normalized spacial score (nSPS) is 19.8.